The van der Waals surface area contributed by atoms with Crippen molar-refractivity contribution in [2.24, 2.45) is 11.8 Å². The van der Waals surface area contributed by atoms with Gasteiger partial charge in [0.1, 0.15) is 5.75 Å². The summed E-state index contributed by atoms with van der Waals surface area (Å²) in [6.07, 6.45) is 1.01. The highest BCUT2D eigenvalue weighted by Crippen LogP contribution is 2.42. The van der Waals surface area contributed by atoms with Crippen LogP contribution in [0.15, 0.2) is 18.2 Å². The van der Waals surface area contributed by atoms with Gasteiger partial charge in [0.05, 0.1) is 13.0 Å². The first-order valence-electron chi connectivity index (χ1n) is 6.57. The van der Waals surface area contributed by atoms with Crippen molar-refractivity contribution in [1.29, 1.82) is 0 Å². The molecule has 1 heterocycles. The van der Waals surface area contributed by atoms with Gasteiger partial charge >= 0.3 is 0 Å². The Morgan fingerprint density at radius 2 is 2.11 bits per heavy atom. The highest BCUT2D eigenvalue weighted by Gasteiger charge is 2.37. The molecular formula is C15H21NO2. The standard InChI is InChI=1S/C15H21NO2/c1-5-11(9(2)3)14-12-8-10(18-4)6-7-13(12)16-15(14)17/h6-9,11,14H,5H2,1-4H3,(H,16,17). The SMILES string of the molecule is CCC(C(C)C)C1C(=O)Nc2ccc(OC)cc21. The number of benzene rings is 1. The topological polar surface area (TPSA) is 38.3 Å². The molecule has 0 radical (unpaired) electrons. The number of fused-ring (bicyclic) bond motifs is 1. The number of methoxy groups -OCH3 is 1. The van der Waals surface area contributed by atoms with Crippen LogP contribution in [0.3, 0.4) is 0 Å². The zero-order chi connectivity index (χ0) is 13.3. The maximum absolute atomic E-state index is 12.2. The number of carbonyl (C=O) groups is 1. The minimum atomic E-state index is -0.0416. The van der Waals surface area contributed by atoms with Crippen LogP contribution in [-0.4, -0.2) is 13.0 Å². The Hall–Kier alpha value is -1.51. The van der Waals surface area contributed by atoms with E-state index in [1.54, 1.807) is 7.11 Å². The molecule has 1 amide bonds. The lowest BCUT2D eigenvalue weighted by Crippen LogP contribution is -2.24. The van der Waals surface area contributed by atoms with Gasteiger partial charge in [0.25, 0.3) is 0 Å². The van der Waals surface area contributed by atoms with Gasteiger partial charge in [-0.25, -0.2) is 0 Å². The third kappa shape index (κ3) is 2.09. The number of carbonyl (C=O) groups excluding carboxylic acids is 1. The molecule has 1 aromatic carbocycles. The van der Waals surface area contributed by atoms with Crippen LogP contribution < -0.4 is 10.1 Å². The van der Waals surface area contributed by atoms with E-state index in [4.69, 9.17) is 4.74 Å². The number of rotatable bonds is 4. The highest BCUT2D eigenvalue weighted by molar-refractivity contribution is 6.03. The van der Waals surface area contributed by atoms with Crippen molar-refractivity contribution in [3.05, 3.63) is 23.8 Å². The molecule has 1 aromatic rings. The summed E-state index contributed by atoms with van der Waals surface area (Å²) in [4.78, 5) is 12.2. The normalized spacial score (nSPS) is 19.6. The predicted molar refractivity (Wildman–Crippen MR) is 73.0 cm³/mol. The Labute approximate surface area is 109 Å². The molecule has 3 nitrogen and oxygen atoms in total. The number of nitrogens with one attached hydrogen (secondary N) is 1. The lowest BCUT2D eigenvalue weighted by molar-refractivity contribution is -0.118. The molecule has 0 saturated carbocycles. The molecule has 0 saturated heterocycles. The fourth-order valence-corrected chi connectivity index (χ4v) is 2.91. The molecule has 1 aliphatic heterocycles. The van der Waals surface area contributed by atoms with Gasteiger partial charge in [-0.1, -0.05) is 27.2 Å². The van der Waals surface area contributed by atoms with E-state index in [2.05, 4.69) is 26.1 Å². The molecule has 2 rings (SSSR count). The monoisotopic (exact) mass is 247 g/mol. The van der Waals surface area contributed by atoms with Gasteiger partial charge in [-0.3, -0.25) is 4.79 Å². The fraction of sp³-hybridized carbons (Fsp3) is 0.533. The van der Waals surface area contributed by atoms with Crippen molar-refractivity contribution >= 4 is 11.6 Å². The summed E-state index contributed by atoms with van der Waals surface area (Å²) in [6, 6.07) is 5.81. The average Bonchev–Trinajstić information content (AvgIpc) is 2.66. The van der Waals surface area contributed by atoms with Crippen LogP contribution in [0.5, 0.6) is 5.75 Å². The number of hydrogen-bond donors (Lipinski definition) is 1. The first-order valence-corrected chi connectivity index (χ1v) is 6.57. The molecule has 1 N–H and O–H groups in total. The van der Waals surface area contributed by atoms with Crippen LogP contribution >= 0.6 is 0 Å². The second-order valence-electron chi connectivity index (χ2n) is 5.24. The number of ether oxygens (including phenoxy) is 1. The lowest BCUT2D eigenvalue weighted by atomic mass is 9.78. The van der Waals surface area contributed by atoms with Gasteiger partial charge in [0, 0.05) is 5.69 Å². The van der Waals surface area contributed by atoms with Crippen molar-refractivity contribution in [2.75, 3.05) is 12.4 Å². The Balaban J connectivity index is 2.42. The lowest BCUT2D eigenvalue weighted by Gasteiger charge is -2.24. The van der Waals surface area contributed by atoms with Gasteiger partial charge in [0.2, 0.25) is 5.91 Å². The van der Waals surface area contributed by atoms with Gasteiger partial charge < -0.3 is 10.1 Å². The maximum atomic E-state index is 12.2. The number of amides is 1. The van der Waals surface area contributed by atoms with Crippen molar-refractivity contribution in [3.63, 3.8) is 0 Å². The predicted octanol–water partition coefficient (Wildman–Crippen LogP) is 3.41. The third-order valence-corrected chi connectivity index (χ3v) is 3.89. The van der Waals surface area contributed by atoms with E-state index >= 15 is 0 Å². The average molecular weight is 247 g/mol. The molecule has 0 bridgehead atoms. The van der Waals surface area contributed by atoms with Crippen molar-refractivity contribution in [2.45, 2.75) is 33.1 Å². The van der Waals surface area contributed by atoms with E-state index in [9.17, 15) is 4.79 Å². The van der Waals surface area contributed by atoms with E-state index in [0.717, 1.165) is 23.4 Å². The Morgan fingerprint density at radius 3 is 2.67 bits per heavy atom. The van der Waals surface area contributed by atoms with Gasteiger partial charge in [-0.2, -0.15) is 0 Å². The number of hydrogen-bond acceptors (Lipinski definition) is 2. The molecule has 0 spiro atoms. The quantitative estimate of drug-likeness (QED) is 0.885. The zero-order valence-electron chi connectivity index (χ0n) is 11.5. The van der Waals surface area contributed by atoms with E-state index in [1.807, 2.05) is 18.2 Å². The molecule has 0 fully saturated rings. The van der Waals surface area contributed by atoms with Crippen LogP contribution in [0.1, 0.15) is 38.7 Å². The Bertz CT molecular complexity index is 454. The fourth-order valence-electron chi connectivity index (χ4n) is 2.91. The van der Waals surface area contributed by atoms with Gasteiger partial charge in [-0.15, -0.1) is 0 Å². The van der Waals surface area contributed by atoms with E-state index in [1.165, 1.54) is 0 Å². The molecule has 98 valence electrons. The number of anilines is 1. The van der Waals surface area contributed by atoms with Crippen LogP contribution in [0.2, 0.25) is 0 Å². The zero-order valence-corrected chi connectivity index (χ0v) is 11.5. The van der Waals surface area contributed by atoms with Crippen LogP contribution in [0, 0.1) is 11.8 Å². The molecule has 2 unspecified atom stereocenters. The first kappa shape index (κ1) is 12.9. The van der Waals surface area contributed by atoms with E-state index in [-0.39, 0.29) is 11.8 Å². The summed E-state index contributed by atoms with van der Waals surface area (Å²) in [7, 11) is 1.65. The summed E-state index contributed by atoms with van der Waals surface area (Å²) >= 11 is 0. The van der Waals surface area contributed by atoms with Crippen molar-refractivity contribution in [3.8, 4) is 5.75 Å². The summed E-state index contributed by atoms with van der Waals surface area (Å²) in [5.74, 6) is 1.76. The highest BCUT2D eigenvalue weighted by atomic mass is 16.5. The van der Waals surface area contributed by atoms with E-state index < -0.39 is 0 Å². The van der Waals surface area contributed by atoms with Crippen molar-refractivity contribution < 1.29 is 9.53 Å². The van der Waals surface area contributed by atoms with Crippen molar-refractivity contribution in [1.82, 2.24) is 0 Å². The second kappa shape index (κ2) is 5.01. The van der Waals surface area contributed by atoms with Gasteiger partial charge in [-0.05, 0) is 35.6 Å². The molecule has 3 heteroatoms. The molecule has 2 atom stereocenters. The van der Waals surface area contributed by atoms with Crippen LogP contribution in [0.25, 0.3) is 0 Å². The minimum absolute atomic E-state index is 0.0416. The molecule has 18 heavy (non-hydrogen) atoms. The van der Waals surface area contributed by atoms with E-state index in [0.29, 0.717) is 11.8 Å². The smallest absolute Gasteiger partial charge is 0.232 e. The maximum Gasteiger partial charge on any atom is 0.232 e. The first-order chi connectivity index (χ1) is 8.58. The summed E-state index contributed by atoms with van der Waals surface area (Å²) in [5.41, 5.74) is 2.02. The van der Waals surface area contributed by atoms with Crippen LogP contribution in [0.4, 0.5) is 5.69 Å². The molecule has 0 aliphatic carbocycles. The third-order valence-electron chi connectivity index (χ3n) is 3.89. The Morgan fingerprint density at radius 1 is 1.39 bits per heavy atom. The molecule has 1 aliphatic rings. The second-order valence-corrected chi connectivity index (χ2v) is 5.24. The molecule has 0 aromatic heterocycles. The summed E-state index contributed by atoms with van der Waals surface area (Å²) in [6.45, 7) is 6.51. The largest absolute Gasteiger partial charge is 0.497 e. The van der Waals surface area contributed by atoms with Gasteiger partial charge in [0.15, 0.2) is 0 Å². The summed E-state index contributed by atoms with van der Waals surface area (Å²) < 4.78 is 5.26. The Kier molecular flexibility index (Phi) is 3.60. The molecular weight excluding hydrogens is 226 g/mol. The summed E-state index contributed by atoms with van der Waals surface area (Å²) in [5, 5.41) is 2.97. The van der Waals surface area contributed by atoms with Crippen LogP contribution in [-0.2, 0) is 4.79 Å². The minimum Gasteiger partial charge on any atom is -0.497 e.